The molecule has 0 saturated carbocycles. The molecule has 2 aromatic carbocycles. The fourth-order valence-corrected chi connectivity index (χ4v) is 4.14. The summed E-state index contributed by atoms with van der Waals surface area (Å²) in [5.41, 5.74) is 3.05. The van der Waals surface area contributed by atoms with Gasteiger partial charge in [0.05, 0.1) is 11.4 Å². The highest BCUT2D eigenvalue weighted by Crippen LogP contribution is 2.30. The highest BCUT2D eigenvalue weighted by molar-refractivity contribution is 5.71. The molecule has 31 heavy (non-hydrogen) atoms. The number of hydrogen-bond acceptors (Lipinski definition) is 2. The Morgan fingerprint density at radius 3 is 2.00 bits per heavy atom. The van der Waals surface area contributed by atoms with Crippen LogP contribution in [0.2, 0.25) is 0 Å². The summed E-state index contributed by atoms with van der Waals surface area (Å²) in [6, 6.07) is 20.2. The highest BCUT2D eigenvalue weighted by Gasteiger charge is 2.15. The first-order valence-electron chi connectivity index (χ1n) is 12.0. The van der Waals surface area contributed by atoms with Crippen molar-refractivity contribution >= 4 is 11.4 Å². The van der Waals surface area contributed by atoms with E-state index in [9.17, 15) is 4.79 Å². The lowest BCUT2D eigenvalue weighted by Gasteiger charge is -2.27. The van der Waals surface area contributed by atoms with Crippen LogP contribution < -0.4 is 10.5 Å². The predicted molar refractivity (Wildman–Crippen MR) is 132 cm³/mol. The summed E-state index contributed by atoms with van der Waals surface area (Å²) >= 11 is 0. The van der Waals surface area contributed by atoms with E-state index in [-0.39, 0.29) is 5.56 Å². The van der Waals surface area contributed by atoms with Crippen LogP contribution in [-0.4, -0.2) is 16.3 Å². The number of rotatable bonds is 14. The van der Waals surface area contributed by atoms with Crippen molar-refractivity contribution in [2.75, 3.05) is 11.4 Å². The van der Waals surface area contributed by atoms with Crippen molar-refractivity contribution < 1.29 is 0 Å². The fraction of sp³-hybridized carbons (Fsp3) is 0.444. The number of para-hydroxylation sites is 3. The Hall–Kier alpha value is -2.75. The molecule has 4 heteroatoms. The van der Waals surface area contributed by atoms with Gasteiger partial charge in [0.15, 0.2) is 0 Å². The normalized spacial score (nSPS) is 11.0. The first kappa shape index (κ1) is 22.9. The van der Waals surface area contributed by atoms with Crippen molar-refractivity contribution in [1.82, 2.24) is 9.78 Å². The van der Waals surface area contributed by atoms with Crippen molar-refractivity contribution in [2.24, 2.45) is 0 Å². The number of aromatic nitrogens is 2. The lowest BCUT2D eigenvalue weighted by Crippen LogP contribution is -2.23. The highest BCUT2D eigenvalue weighted by atomic mass is 16.1. The van der Waals surface area contributed by atoms with Gasteiger partial charge >= 0.3 is 0 Å². The van der Waals surface area contributed by atoms with Gasteiger partial charge < -0.3 is 4.90 Å². The molecule has 0 bridgehead atoms. The molecule has 4 nitrogen and oxygen atoms in total. The molecule has 1 aromatic heterocycles. The summed E-state index contributed by atoms with van der Waals surface area (Å²) in [6.45, 7) is 3.21. The maximum absolute atomic E-state index is 12.3. The number of nitrogens with zero attached hydrogens (tertiary/aromatic N) is 2. The number of aromatic amines is 1. The molecule has 0 aliphatic heterocycles. The Kier molecular flexibility index (Phi) is 9.49. The number of anilines is 2. The molecule has 0 aliphatic carbocycles. The van der Waals surface area contributed by atoms with Crippen LogP contribution in [0.3, 0.4) is 0 Å². The Labute approximate surface area is 186 Å². The van der Waals surface area contributed by atoms with E-state index >= 15 is 0 Å². The molecular formula is C27H37N3O. The van der Waals surface area contributed by atoms with Crippen LogP contribution >= 0.6 is 0 Å². The van der Waals surface area contributed by atoms with Gasteiger partial charge in [0.25, 0.3) is 5.56 Å². The van der Waals surface area contributed by atoms with Crippen LogP contribution in [0.25, 0.3) is 5.69 Å². The second-order valence-corrected chi connectivity index (χ2v) is 8.29. The van der Waals surface area contributed by atoms with E-state index in [0.29, 0.717) is 0 Å². The van der Waals surface area contributed by atoms with E-state index in [1.807, 2.05) is 24.3 Å². The average molecular weight is 420 g/mol. The molecule has 0 radical (unpaired) electrons. The number of benzene rings is 2. The molecule has 166 valence electrons. The van der Waals surface area contributed by atoms with E-state index in [1.165, 1.54) is 57.8 Å². The van der Waals surface area contributed by atoms with Crippen LogP contribution in [-0.2, 0) is 0 Å². The van der Waals surface area contributed by atoms with Crippen molar-refractivity contribution in [2.45, 2.75) is 71.1 Å². The minimum Gasteiger partial charge on any atom is -0.340 e. The minimum atomic E-state index is -0.0422. The summed E-state index contributed by atoms with van der Waals surface area (Å²) in [5.74, 6) is 0. The van der Waals surface area contributed by atoms with Gasteiger partial charge in [-0.15, -0.1) is 0 Å². The van der Waals surface area contributed by atoms with Crippen LogP contribution in [0.5, 0.6) is 0 Å². The van der Waals surface area contributed by atoms with E-state index in [4.69, 9.17) is 0 Å². The van der Waals surface area contributed by atoms with Gasteiger partial charge in [-0.25, -0.2) is 4.68 Å². The molecule has 0 saturated heterocycles. The minimum absolute atomic E-state index is 0.0422. The first-order chi connectivity index (χ1) is 15.3. The molecule has 3 rings (SSSR count). The molecular weight excluding hydrogens is 382 g/mol. The molecule has 3 aromatic rings. The largest absolute Gasteiger partial charge is 0.340 e. The molecule has 0 atom stereocenters. The third-order valence-corrected chi connectivity index (χ3v) is 5.87. The second-order valence-electron chi connectivity index (χ2n) is 8.29. The number of H-pyrrole nitrogens is 1. The number of unbranched alkanes of at least 4 members (excludes halogenated alkanes) is 9. The van der Waals surface area contributed by atoms with Gasteiger partial charge in [-0.1, -0.05) is 95.0 Å². The van der Waals surface area contributed by atoms with Crippen LogP contribution in [0, 0.1) is 0 Å². The van der Waals surface area contributed by atoms with Gasteiger partial charge in [0.1, 0.15) is 0 Å². The van der Waals surface area contributed by atoms with Crippen molar-refractivity contribution in [3.05, 3.63) is 77.2 Å². The standard InChI is InChI=1S/C27H37N3O/c1-2-3-4-5-6-7-8-9-10-16-23-29(24-17-12-11-13-18-24)25-19-14-15-20-26(25)30-27(31)21-22-28-30/h11-15,17-22,28H,2-10,16,23H2,1H3. The first-order valence-corrected chi connectivity index (χ1v) is 12.0. The zero-order valence-electron chi connectivity index (χ0n) is 18.9. The maximum Gasteiger partial charge on any atom is 0.271 e. The summed E-state index contributed by atoms with van der Waals surface area (Å²) < 4.78 is 1.61. The Morgan fingerprint density at radius 2 is 1.35 bits per heavy atom. The molecule has 0 amide bonds. The van der Waals surface area contributed by atoms with Gasteiger partial charge in [-0.3, -0.25) is 9.89 Å². The number of hydrogen-bond donors (Lipinski definition) is 1. The molecule has 1 heterocycles. The summed E-state index contributed by atoms with van der Waals surface area (Å²) in [6.07, 6.45) is 14.9. The SMILES string of the molecule is CCCCCCCCCCCCN(c1ccccc1)c1ccccc1-n1[nH]ccc1=O. The zero-order valence-corrected chi connectivity index (χ0v) is 18.9. The van der Waals surface area contributed by atoms with E-state index < -0.39 is 0 Å². The monoisotopic (exact) mass is 419 g/mol. The predicted octanol–water partition coefficient (Wildman–Crippen LogP) is 7.22. The molecule has 1 N–H and O–H groups in total. The summed E-state index contributed by atoms with van der Waals surface area (Å²) in [4.78, 5) is 14.6. The quantitative estimate of drug-likeness (QED) is 0.280. The fourth-order valence-electron chi connectivity index (χ4n) is 4.14. The van der Waals surface area contributed by atoms with Crippen LogP contribution in [0.1, 0.15) is 71.1 Å². The van der Waals surface area contributed by atoms with Crippen molar-refractivity contribution in [3.8, 4) is 5.69 Å². The van der Waals surface area contributed by atoms with E-state index in [0.717, 1.165) is 30.0 Å². The zero-order chi connectivity index (χ0) is 21.7. The Bertz CT molecular complexity index is 929. The third kappa shape index (κ3) is 6.88. The second kappa shape index (κ2) is 12.8. The summed E-state index contributed by atoms with van der Waals surface area (Å²) in [7, 11) is 0. The maximum atomic E-state index is 12.3. The van der Waals surface area contributed by atoms with E-state index in [1.54, 1.807) is 16.9 Å². The number of nitrogens with one attached hydrogen (secondary N) is 1. The lowest BCUT2D eigenvalue weighted by atomic mass is 10.1. The van der Waals surface area contributed by atoms with Crippen molar-refractivity contribution in [1.29, 1.82) is 0 Å². The van der Waals surface area contributed by atoms with Gasteiger partial charge in [0.2, 0.25) is 0 Å². The van der Waals surface area contributed by atoms with Crippen LogP contribution in [0.15, 0.2) is 71.7 Å². The smallest absolute Gasteiger partial charge is 0.271 e. The van der Waals surface area contributed by atoms with E-state index in [2.05, 4.69) is 47.3 Å². The third-order valence-electron chi connectivity index (χ3n) is 5.87. The average Bonchev–Trinajstić information content (AvgIpc) is 3.24. The lowest BCUT2D eigenvalue weighted by molar-refractivity contribution is 0.557. The Balaban J connectivity index is 1.61. The topological polar surface area (TPSA) is 41.0 Å². The molecule has 0 aliphatic rings. The molecule has 0 fully saturated rings. The molecule has 0 unspecified atom stereocenters. The summed E-state index contributed by atoms with van der Waals surface area (Å²) in [5, 5.41) is 3.05. The van der Waals surface area contributed by atoms with Crippen molar-refractivity contribution in [3.63, 3.8) is 0 Å². The van der Waals surface area contributed by atoms with Gasteiger partial charge in [-0.05, 0) is 30.7 Å². The van der Waals surface area contributed by atoms with Gasteiger partial charge in [0, 0.05) is 24.5 Å². The van der Waals surface area contributed by atoms with Gasteiger partial charge in [-0.2, -0.15) is 0 Å². The van der Waals surface area contributed by atoms with Crippen LogP contribution in [0.4, 0.5) is 11.4 Å². The molecule has 0 spiro atoms. The Morgan fingerprint density at radius 1 is 0.742 bits per heavy atom.